The van der Waals surface area contributed by atoms with Crippen LogP contribution < -0.4 is 14.8 Å². The Morgan fingerprint density at radius 3 is 2.35 bits per heavy atom. The van der Waals surface area contributed by atoms with Crippen LogP contribution in [-0.4, -0.2) is 52.0 Å². The molecule has 1 aliphatic carbocycles. The van der Waals surface area contributed by atoms with Gasteiger partial charge in [0.1, 0.15) is 0 Å². The van der Waals surface area contributed by atoms with Gasteiger partial charge >= 0.3 is 0 Å². The Labute approximate surface area is 184 Å². The van der Waals surface area contributed by atoms with Gasteiger partial charge in [-0.3, -0.25) is 4.79 Å². The minimum Gasteiger partial charge on any atom is -0.493 e. The molecule has 8 heteroatoms. The lowest BCUT2D eigenvalue weighted by Crippen LogP contribution is -2.44. The van der Waals surface area contributed by atoms with Crippen molar-refractivity contribution in [1.29, 1.82) is 0 Å². The molecule has 0 spiro atoms. The van der Waals surface area contributed by atoms with Crippen LogP contribution in [0.3, 0.4) is 0 Å². The third-order valence-corrected chi connectivity index (χ3v) is 7.37. The van der Waals surface area contributed by atoms with Gasteiger partial charge in [-0.05, 0) is 37.0 Å². The third-order valence-electron chi connectivity index (χ3n) is 5.53. The highest BCUT2D eigenvalue weighted by Crippen LogP contribution is 2.30. The second kappa shape index (κ2) is 10.6. The van der Waals surface area contributed by atoms with Gasteiger partial charge in [-0.15, -0.1) is 0 Å². The summed E-state index contributed by atoms with van der Waals surface area (Å²) in [7, 11) is -0.974. The number of benzene rings is 2. The molecule has 1 saturated carbocycles. The summed E-state index contributed by atoms with van der Waals surface area (Å²) in [5.74, 6) is 0.488. The zero-order chi connectivity index (χ0) is 22.3. The Bertz CT molecular complexity index is 973. The number of ether oxygens (including phenoxy) is 2. The summed E-state index contributed by atoms with van der Waals surface area (Å²) in [6.07, 6.45) is 4.57. The molecule has 168 valence electrons. The van der Waals surface area contributed by atoms with E-state index in [0.29, 0.717) is 17.9 Å². The first-order chi connectivity index (χ1) is 14.9. The monoisotopic (exact) mass is 446 g/mol. The van der Waals surface area contributed by atoms with Crippen molar-refractivity contribution < 1.29 is 22.7 Å². The highest BCUT2D eigenvalue weighted by molar-refractivity contribution is 7.89. The van der Waals surface area contributed by atoms with Crippen LogP contribution in [0.25, 0.3) is 0 Å². The molecule has 0 heterocycles. The molecule has 1 fully saturated rings. The molecule has 2 aromatic carbocycles. The fraction of sp³-hybridized carbons (Fsp3) is 0.435. The molecule has 31 heavy (non-hydrogen) atoms. The second-order valence-electron chi connectivity index (χ2n) is 7.64. The van der Waals surface area contributed by atoms with E-state index in [-0.39, 0.29) is 29.9 Å². The van der Waals surface area contributed by atoms with Gasteiger partial charge in [0.05, 0.1) is 25.7 Å². The maximum absolute atomic E-state index is 13.4. The Hall–Kier alpha value is -2.58. The van der Waals surface area contributed by atoms with Gasteiger partial charge in [0.25, 0.3) is 0 Å². The molecule has 0 aromatic heterocycles. The Morgan fingerprint density at radius 1 is 1.03 bits per heavy atom. The number of carbonyl (C=O) groups is 1. The molecule has 0 radical (unpaired) electrons. The van der Waals surface area contributed by atoms with Crippen molar-refractivity contribution >= 4 is 15.9 Å². The quantitative estimate of drug-likeness (QED) is 0.607. The topological polar surface area (TPSA) is 84.9 Å². The number of nitrogens with one attached hydrogen (secondary N) is 1. The summed E-state index contributed by atoms with van der Waals surface area (Å²) < 4.78 is 38.6. The van der Waals surface area contributed by atoms with Crippen LogP contribution in [0.1, 0.15) is 31.2 Å². The summed E-state index contributed by atoms with van der Waals surface area (Å²) in [5, 5.41) is 2.98. The normalized spacial score (nSPS) is 14.5. The third kappa shape index (κ3) is 5.98. The van der Waals surface area contributed by atoms with Gasteiger partial charge in [-0.1, -0.05) is 43.2 Å². The van der Waals surface area contributed by atoms with Crippen molar-refractivity contribution in [3.8, 4) is 11.5 Å². The first-order valence-electron chi connectivity index (χ1n) is 10.5. The lowest BCUT2D eigenvalue weighted by atomic mass is 10.1. The Balaban J connectivity index is 1.83. The second-order valence-corrected chi connectivity index (χ2v) is 9.58. The molecule has 0 bridgehead atoms. The zero-order valence-electron chi connectivity index (χ0n) is 18.0. The van der Waals surface area contributed by atoms with E-state index in [0.717, 1.165) is 31.2 Å². The maximum Gasteiger partial charge on any atom is 0.243 e. The van der Waals surface area contributed by atoms with E-state index in [9.17, 15) is 13.2 Å². The number of carbonyl (C=O) groups excluding carboxylic acids is 1. The van der Waals surface area contributed by atoms with Gasteiger partial charge in [0.2, 0.25) is 15.9 Å². The van der Waals surface area contributed by atoms with Crippen molar-refractivity contribution in [1.82, 2.24) is 9.62 Å². The van der Waals surface area contributed by atoms with Crippen LogP contribution in [0.15, 0.2) is 53.4 Å². The van der Waals surface area contributed by atoms with Crippen LogP contribution >= 0.6 is 0 Å². The van der Waals surface area contributed by atoms with E-state index in [1.54, 1.807) is 6.07 Å². The number of amides is 1. The molecular weight excluding hydrogens is 416 g/mol. The molecular formula is C23H30N2O5S. The van der Waals surface area contributed by atoms with Crippen molar-refractivity contribution in [2.45, 2.75) is 43.0 Å². The molecule has 1 aliphatic rings. The van der Waals surface area contributed by atoms with E-state index in [2.05, 4.69) is 5.32 Å². The molecule has 0 saturated heterocycles. The lowest BCUT2D eigenvalue weighted by molar-refractivity contribution is -0.122. The summed E-state index contributed by atoms with van der Waals surface area (Å²) >= 11 is 0. The van der Waals surface area contributed by atoms with Gasteiger partial charge in [0, 0.05) is 18.7 Å². The van der Waals surface area contributed by atoms with Crippen LogP contribution in [-0.2, 0) is 21.2 Å². The highest BCUT2D eigenvalue weighted by Gasteiger charge is 2.28. The predicted octanol–water partition coefficient (Wildman–Crippen LogP) is 3.00. The molecule has 2 aromatic rings. The SMILES string of the molecule is COc1ccc(S(=O)(=O)N(CCc2ccccc2)CC(=O)NC2CCCC2)cc1OC. The minimum absolute atomic E-state index is 0.0619. The smallest absolute Gasteiger partial charge is 0.243 e. The van der Waals surface area contributed by atoms with E-state index in [1.165, 1.54) is 30.7 Å². The van der Waals surface area contributed by atoms with E-state index in [1.807, 2.05) is 30.3 Å². The summed E-state index contributed by atoms with van der Waals surface area (Å²) in [6, 6.07) is 14.2. The van der Waals surface area contributed by atoms with E-state index in [4.69, 9.17) is 9.47 Å². The standard InChI is InChI=1S/C23H30N2O5S/c1-29-21-13-12-20(16-22(21)30-2)31(27,28)25(15-14-18-8-4-3-5-9-18)17-23(26)24-19-10-6-7-11-19/h3-5,8-9,12-13,16,19H,6-7,10-11,14-15,17H2,1-2H3,(H,24,26). The maximum atomic E-state index is 13.4. The van der Waals surface area contributed by atoms with Crippen LogP contribution in [0.5, 0.6) is 11.5 Å². The minimum atomic E-state index is -3.92. The van der Waals surface area contributed by atoms with Gasteiger partial charge < -0.3 is 14.8 Å². The number of rotatable bonds is 10. The molecule has 0 aliphatic heterocycles. The predicted molar refractivity (Wildman–Crippen MR) is 119 cm³/mol. The van der Waals surface area contributed by atoms with Gasteiger partial charge in [-0.25, -0.2) is 8.42 Å². The van der Waals surface area contributed by atoms with Crippen molar-refractivity contribution in [2.75, 3.05) is 27.3 Å². The van der Waals surface area contributed by atoms with Crippen LogP contribution in [0, 0.1) is 0 Å². The molecule has 1 N–H and O–H groups in total. The average Bonchev–Trinajstić information content (AvgIpc) is 3.29. The van der Waals surface area contributed by atoms with Gasteiger partial charge in [0.15, 0.2) is 11.5 Å². The Kier molecular flexibility index (Phi) is 7.92. The summed E-state index contributed by atoms with van der Waals surface area (Å²) in [4.78, 5) is 12.7. The Morgan fingerprint density at radius 2 is 1.71 bits per heavy atom. The fourth-order valence-electron chi connectivity index (χ4n) is 3.81. The van der Waals surface area contributed by atoms with E-state index < -0.39 is 10.0 Å². The molecule has 0 atom stereocenters. The van der Waals surface area contributed by atoms with Gasteiger partial charge in [-0.2, -0.15) is 4.31 Å². The van der Waals surface area contributed by atoms with Crippen molar-refractivity contribution in [3.05, 3.63) is 54.1 Å². The number of hydrogen-bond acceptors (Lipinski definition) is 5. The number of sulfonamides is 1. The molecule has 3 rings (SSSR count). The van der Waals surface area contributed by atoms with Crippen LogP contribution in [0.4, 0.5) is 0 Å². The van der Waals surface area contributed by atoms with Crippen LogP contribution in [0.2, 0.25) is 0 Å². The first-order valence-corrected chi connectivity index (χ1v) is 11.9. The zero-order valence-corrected chi connectivity index (χ0v) is 18.9. The average molecular weight is 447 g/mol. The lowest BCUT2D eigenvalue weighted by Gasteiger charge is -2.23. The molecule has 0 unspecified atom stereocenters. The largest absolute Gasteiger partial charge is 0.493 e. The molecule has 7 nitrogen and oxygen atoms in total. The van der Waals surface area contributed by atoms with Crippen molar-refractivity contribution in [2.24, 2.45) is 0 Å². The number of hydrogen-bond donors (Lipinski definition) is 1. The highest BCUT2D eigenvalue weighted by atomic mass is 32.2. The molecule has 1 amide bonds. The number of methoxy groups -OCH3 is 2. The fourth-order valence-corrected chi connectivity index (χ4v) is 5.23. The summed E-state index contributed by atoms with van der Waals surface area (Å²) in [6.45, 7) is -0.0290. The summed E-state index contributed by atoms with van der Waals surface area (Å²) in [5.41, 5.74) is 1.01. The van der Waals surface area contributed by atoms with Crippen molar-refractivity contribution in [3.63, 3.8) is 0 Å². The first kappa shape index (κ1) is 23.1. The number of nitrogens with zero attached hydrogens (tertiary/aromatic N) is 1. The van der Waals surface area contributed by atoms with E-state index >= 15 is 0 Å².